The predicted octanol–water partition coefficient (Wildman–Crippen LogP) is 3.54. The Balaban J connectivity index is 2.43. The number of esters is 1. The monoisotopic (exact) mass is 372 g/mol. The van der Waals surface area contributed by atoms with Crippen molar-refractivity contribution in [3.63, 3.8) is 0 Å². The Morgan fingerprint density at radius 1 is 1.35 bits per heavy atom. The fourth-order valence-corrected chi connectivity index (χ4v) is 4.00. The van der Waals surface area contributed by atoms with Gasteiger partial charge in [0, 0.05) is 17.7 Å². The largest absolute Gasteiger partial charge is 0.462 e. The molecule has 2 rings (SSSR count). The van der Waals surface area contributed by atoms with Crippen LogP contribution in [0.15, 0.2) is 39.1 Å². The second kappa shape index (κ2) is 7.62. The van der Waals surface area contributed by atoms with Gasteiger partial charge in [-0.2, -0.15) is 4.40 Å². The zero-order valence-corrected chi connectivity index (χ0v) is 14.0. The normalized spacial score (nSPS) is 15.8. The number of carbonyl (C=O) groups is 2. The number of halogens is 1. The van der Waals surface area contributed by atoms with Crippen LogP contribution in [-0.4, -0.2) is 28.5 Å². The Morgan fingerprint density at radius 2 is 2.00 bits per heavy atom. The molecule has 10 heteroatoms. The fraction of sp³-hybridized carbons (Fsp3) is 0.154. The van der Waals surface area contributed by atoms with Gasteiger partial charge in [0.05, 0.1) is 27.4 Å². The molecule has 0 amide bonds. The summed E-state index contributed by atoms with van der Waals surface area (Å²) in [5, 5.41) is 10.7. The molecule has 0 aromatic heterocycles. The van der Waals surface area contributed by atoms with Crippen molar-refractivity contribution in [3.05, 3.63) is 50.4 Å². The molecule has 7 nitrogen and oxygen atoms in total. The number of non-ortho nitro benzene ring substituents is 1. The number of ether oxygens (including phenoxy) is 1. The molecule has 1 heterocycles. The van der Waals surface area contributed by atoms with Gasteiger partial charge in [-0.15, -0.1) is 0 Å². The van der Waals surface area contributed by atoms with E-state index >= 15 is 0 Å². The van der Waals surface area contributed by atoms with Crippen molar-refractivity contribution in [1.82, 2.24) is 0 Å². The zero-order valence-electron chi connectivity index (χ0n) is 11.6. The number of ketones is 1. The van der Waals surface area contributed by atoms with Gasteiger partial charge in [-0.1, -0.05) is 11.6 Å². The van der Waals surface area contributed by atoms with Gasteiger partial charge < -0.3 is 4.74 Å². The number of carbonyl (C=O) groups excluding carboxylic acids is 2. The molecule has 0 N–H and O–H groups in total. The first-order chi connectivity index (χ1) is 11.0. The number of Topliss-reactive ketones (excluding diaryl/α,β-unsaturated/α-hetero) is 1. The van der Waals surface area contributed by atoms with Crippen LogP contribution in [-0.2, 0) is 9.53 Å². The van der Waals surface area contributed by atoms with Gasteiger partial charge in [0.2, 0.25) is 5.78 Å². The Hall–Kier alpha value is -1.84. The summed E-state index contributed by atoms with van der Waals surface area (Å²) in [7, 11) is 2.11. The molecular formula is C13H9ClN2O5S2. The predicted molar refractivity (Wildman–Crippen MR) is 89.6 cm³/mol. The molecule has 0 bridgehead atoms. The minimum absolute atomic E-state index is 0.0401. The van der Waals surface area contributed by atoms with Gasteiger partial charge in [-0.3, -0.25) is 14.9 Å². The molecule has 0 atom stereocenters. The van der Waals surface area contributed by atoms with Crippen molar-refractivity contribution in [1.29, 1.82) is 0 Å². The number of nitrogens with zero attached hydrogens (tertiary/aromatic N) is 2. The van der Waals surface area contributed by atoms with Crippen LogP contribution in [0, 0.1) is 10.1 Å². The molecule has 0 saturated heterocycles. The molecule has 1 aliphatic rings. The Labute approximate surface area is 143 Å². The van der Waals surface area contributed by atoms with E-state index in [2.05, 4.69) is 4.40 Å². The van der Waals surface area contributed by atoms with Crippen LogP contribution in [0.5, 0.6) is 0 Å². The Kier molecular flexibility index (Phi) is 5.80. The van der Waals surface area contributed by atoms with Crippen molar-refractivity contribution in [3.8, 4) is 0 Å². The van der Waals surface area contributed by atoms with E-state index in [0.717, 1.165) is 21.8 Å². The molecule has 1 aromatic rings. The smallest absolute Gasteiger partial charge is 0.343 e. The SMILES string of the molecule is CCOC(=O)/C(C(=O)c1ccc([N+](=O)[O-])cc1)=C1/SSN=C1Cl. The average Bonchev–Trinajstić information content (AvgIpc) is 2.94. The average molecular weight is 373 g/mol. The number of rotatable bonds is 5. The quantitative estimate of drug-likeness (QED) is 0.0896. The lowest BCUT2D eigenvalue weighted by Crippen LogP contribution is -2.19. The first kappa shape index (κ1) is 17.5. The second-order valence-corrected chi connectivity index (χ2v) is 6.31. The van der Waals surface area contributed by atoms with E-state index in [1.165, 1.54) is 24.3 Å². The third kappa shape index (κ3) is 3.92. The standard InChI is InChI=1S/C13H9ClN2O5S2/c1-2-21-13(18)9(11-12(14)15-23-22-11)10(17)7-3-5-8(6-4-7)16(19)20/h3-6H,2H2,1H3/b11-9+. The Morgan fingerprint density at radius 3 is 2.48 bits per heavy atom. The molecule has 23 heavy (non-hydrogen) atoms. The molecule has 0 fully saturated rings. The lowest BCUT2D eigenvalue weighted by Gasteiger charge is -2.08. The van der Waals surface area contributed by atoms with Gasteiger partial charge in [0.25, 0.3) is 5.69 Å². The van der Waals surface area contributed by atoms with Crippen molar-refractivity contribution >= 4 is 56.0 Å². The lowest BCUT2D eigenvalue weighted by molar-refractivity contribution is -0.384. The highest BCUT2D eigenvalue weighted by Crippen LogP contribution is 2.43. The van der Waals surface area contributed by atoms with Crippen molar-refractivity contribution in [2.45, 2.75) is 6.92 Å². The van der Waals surface area contributed by atoms with Crippen LogP contribution in [0.3, 0.4) is 0 Å². The lowest BCUT2D eigenvalue weighted by atomic mass is 10.0. The number of hydrogen-bond donors (Lipinski definition) is 0. The highest BCUT2D eigenvalue weighted by molar-refractivity contribution is 8.78. The molecule has 0 aliphatic carbocycles. The summed E-state index contributed by atoms with van der Waals surface area (Å²) in [6.45, 7) is 1.71. The van der Waals surface area contributed by atoms with Crippen LogP contribution in [0.4, 0.5) is 5.69 Å². The summed E-state index contributed by atoms with van der Waals surface area (Å²) in [5.41, 5.74) is -0.269. The van der Waals surface area contributed by atoms with Gasteiger partial charge in [-0.05, 0) is 29.9 Å². The molecule has 0 spiro atoms. The number of benzene rings is 1. The summed E-state index contributed by atoms with van der Waals surface area (Å²) < 4.78 is 8.76. The third-order valence-corrected chi connectivity index (χ3v) is 5.03. The van der Waals surface area contributed by atoms with Crippen molar-refractivity contribution in [2.75, 3.05) is 6.61 Å². The van der Waals surface area contributed by atoms with Crippen LogP contribution in [0.2, 0.25) is 0 Å². The van der Waals surface area contributed by atoms with E-state index in [1.807, 2.05) is 0 Å². The minimum Gasteiger partial charge on any atom is -0.462 e. The fourth-order valence-electron chi connectivity index (χ4n) is 1.68. The van der Waals surface area contributed by atoms with Gasteiger partial charge in [0.15, 0.2) is 5.17 Å². The van der Waals surface area contributed by atoms with E-state index in [0.29, 0.717) is 0 Å². The molecule has 1 aromatic carbocycles. The third-order valence-electron chi connectivity index (χ3n) is 2.70. The van der Waals surface area contributed by atoms with Gasteiger partial charge in [-0.25, -0.2) is 4.79 Å². The molecule has 0 unspecified atom stereocenters. The van der Waals surface area contributed by atoms with E-state index in [-0.39, 0.29) is 33.5 Å². The summed E-state index contributed by atoms with van der Waals surface area (Å²) >= 11 is 5.92. The molecule has 120 valence electrons. The Bertz CT molecular complexity index is 730. The van der Waals surface area contributed by atoms with Crippen LogP contribution in [0.1, 0.15) is 17.3 Å². The summed E-state index contributed by atoms with van der Waals surface area (Å²) in [6.07, 6.45) is 0. The second-order valence-electron chi connectivity index (χ2n) is 4.10. The number of nitro groups is 1. The van der Waals surface area contributed by atoms with E-state index in [4.69, 9.17) is 16.3 Å². The maximum Gasteiger partial charge on any atom is 0.343 e. The number of hydrogen-bond acceptors (Lipinski definition) is 8. The zero-order chi connectivity index (χ0) is 17.0. The molecular weight excluding hydrogens is 364 g/mol. The summed E-state index contributed by atoms with van der Waals surface area (Å²) in [4.78, 5) is 35.0. The van der Waals surface area contributed by atoms with Crippen LogP contribution >= 0.6 is 33.4 Å². The van der Waals surface area contributed by atoms with E-state index in [9.17, 15) is 19.7 Å². The highest BCUT2D eigenvalue weighted by Gasteiger charge is 2.30. The summed E-state index contributed by atoms with van der Waals surface area (Å²) in [6, 6.07) is 4.93. The number of allylic oxidation sites excluding steroid dienone is 1. The van der Waals surface area contributed by atoms with Crippen LogP contribution < -0.4 is 0 Å². The van der Waals surface area contributed by atoms with Crippen molar-refractivity contribution in [2.24, 2.45) is 4.40 Å². The molecule has 1 aliphatic heterocycles. The summed E-state index contributed by atoms with van der Waals surface area (Å²) in [5.74, 6) is -1.44. The van der Waals surface area contributed by atoms with E-state index in [1.54, 1.807) is 6.92 Å². The first-order valence-corrected chi connectivity index (χ1v) is 8.72. The van der Waals surface area contributed by atoms with Gasteiger partial charge >= 0.3 is 5.97 Å². The maximum absolute atomic E-state index is 12.6. The maximum atomic E-state index is 12.6. The van der Waals surface area contributed by atoms with Gasteiger partial charge in [0.1, 0.15) is 5.57 Å². The highest BCUT2D eigenvalue weighted by atomic mass is 35.5. The molecule has 0 saturated carbocycles. The van der Waals surface area contributed by atoms with Crippen molar-refractivity contribution < 1.29 is 19.2 Å². The van der Waals surface area contributed by atoms with E-state index < -0.39 is 16.7 Å². The minimum atomic E-state index is -0.811. The van der Waals surface area contributed by atoms with Crippen LogP contribution in [0.25, 0.3) is 0 Å². The molecule has 0 radical (unpaired) electrons. The topological polar surface area (TPSA) is 98.9 Å². The number of nitro benzene ring substituents is 1. The first-order valence-electron chi connectivity index (χ1n) is 6.23.